The second-order valence-electron chi connectivity index (χ2n) is 5.67. The van der Waals surface area contributed by atoms with Gasteiger partial charge < -0.3 is 19.5 Å². The zero-order valence-corrected chi connectivity index (χ0v) is 14.5. The summed E-state index contributed by atoms with van der Waals surface area (Å²) in [6.07, 6.45) is 5.78. The number of aryl methyl sites for hydroxylation is 1. The van der Waals surface area contributed by atoms with Gasteiger partial charge in [-0.15, -0.1) is 0 Å². The molecular weight excluding hydrogens is 324 g/mol. The van der Waals surface area contributed by atoms with E-state index in [1.165, 1.54) is 0 Å². The minimum Gasteiger partial charge on any atom is -0.465 e. The number of esters is 1. The predicted molar refractivity (Wildman–Crippen MR) is 94.2 cm³/mol. The van der Waals surface area contributed by atoms with Crippen LogP contribution < -0.4 is 5.32 Å². The fourth-order valence-electron chi connectivity index (χ4n) is 2.98. The summed E-state index contributed by atoms with van der Waals surface area (Å²) in [5.74, 6) is -0.288. The van der Waals surface area contributed by atoms with Gasteiger partial charge in [0.15, 0.2) is 5.11 Å². The van der Waals surface area contributed by atoms with Crippen molar-refractivity contribution in [2.75, 3.05) is 13.2 Å². The Morgan fingerprint density at radius 2 is 2.25 bits per heavy atom. The zero-order chi connectivity index (χ0) is 17.1. The van der Waals surface area contributed by atoms with Gasteiger partial charge in [-0.2, -0.15) is 0 Å². The molecule has 2 atom stereocenters. The molecule has 0 amide bonds. The van der Waals surface area contributed by atoms with Crippen LogP contribution in [0, 0.1) is 0 Å². The van der Waals surface area contributed by atoms with E-state index in [2.05, 4.69) is 10.3 Å². The third-order valence-corrected chi connectivity index (χ3v) is 4.35. The summed E-state index contributed by atoms with van der Waals surface area (Å²) in [4.78, 5) is 18.3. The van der Waals surface area contributed by atoms with Crippen LogP contribution in [-0.4, -0.2) is 38.7 Å². The molecule has 2 aromatic rings. The number of ether oxygens (including phenoxy) is 1. The normalized spacial score (nSPS) is 20.1. The molecule has 1 aliphatic heterocycles. The smallest absolute Gasteiger partial charge is 0.325 e. The SMILES string of the molecule is CCOC(=O)CN1C(=S)N[C@H](c2ccccn2)[C@H]1c1ccn(C)c1. The van der Waals surface area contributed by atoms with E-state index in [1.807, 2.05) is 53.2 Å². The van der Waals surface area contributed by atoms with Crippen molar-refractivity contribution in [3.63, 3.8) is 0 Å². The fourth-order valence-corrected chi connectivity index (χ4v) is 3.29. The van der Waals surface area contributed by atoms with Crippen LogP contribution in [0.3, 0.4) is 0 Å². The van der Waals surface area contributed by atoms with Gasteiger partial charge in [0, 0.05) is 25.6 Å². The lowest BCUT2D eigenvalue weighted by molar-refractivity contribution is -0.143. The van der Waals surface area contributed by atoms with Gasteiger partial charge in [0.25, 0.3) is 0 Å². The lowest BCUT2D eigenvalue weighted by Crippen LogP contribution is -2.35. The van der Waals surface area contributed by atoms with Gasteiger partial charge in [-0.3, -0.25) is 9.78 Å². The second-order valence-corrected chi connectivity index (χ2v) is 6.06. The van der Waals surface area contributed by atoms with E-state index in [0.717, 1.165) is 11.3 Å². The maximum absolute atomic E-state index is 12.0. The number of hydrogen-bond donors (Lipinski definition) is 1. The number of nitrogens with one attached hydrogen (secondary N) is 1. The largest absolute Gasteiger partial charge is 0.465 e. The number of carbonyl (C=O) groups is 1. The van der Waals surface area contributed by atoms with E-state index in [0.29, 0.717) is 11.7 Å². The maximum Gasteiger partial charge on any atom is 0.325 e. The Morgan fingerprint density at radius 3 is 2.88 bits per heavy atom. The molecular formula is C17H20N4O2S. The number of pyridine rings is 1. The van der Waals surface area contributed by atoms with Gasteiger partial charge in [0.2, 0.25) is 0 Å². The molecule has 1 N–H and O–H groups in total. The lowest BCUT2D eigenvalue weighted by atomic mass is 9.99. The first-order chi connectivity index (χ1) is 11.6. The molecule has 0 aromatic carbocycles. The fraction of sp³-hybridized carbons (Fsp3) is 0.353. The number of hydrogen-bond acceptors (Lipinski definition) is 4. The topological polar surface area (TPSA) is 59.4 Å². The number of carbonyl (C=O) groups excluding carboxylic acids is 1. The van der Waals surface area contributed by atoms with Crippen molar-refractivity contribution in [1.29, 1.82) is 0 Å². The van der Waals surface area contributed by atoms with Gasteiger partial charge in [0.05, 0.1) is 24.4 Å². The maximum atomic E-state index is 12.0. The van der Waals surface area contributed by atoms with Crippen molar-refractivity contribution in [1.82, 2.24) is 19.8 Å². The molecule has 3 heterocycles. The standard InChI is InChI=1S/C17H20N4O2S/c1-3-23-14(22)11-21-16(12-7-9-20(2)10-12)15(19-17(21)24)13-6-4-5-8-18-13/h4-10,15-16H,3,11H2,1-2H3,(H,19,24)/t15-,16-/m1/s1. The van der Waals surface area contributed by atoms with Crippen molar-refractivity contribution < 1.29 is 9.53 Å². The average molecular weight is 344 g/mol. The summed E-state index contributed by atoms with van der Waals surface area (Å²) >= 11 is 5.48. The van der Waals surface area contributed by atoms with E-state index in [4.69, 9.17) is 17.0 Å². The van der Waals surface area contributed by atoms with Crippen LogP contribution >= 0.6 is 12.2 Å². The Hall–Kier alpha value is -2.41. The highest BCUT2D eigenvalue weighted by molar-refractivity contribution is 7.80. The van der Waals surface area contributed by atoms with Crippen LogP contribution in [-0.2, 0) is 16.6 Å². The molecule has 1 fully saturated rings. The Bertz CT molecular complexity index is 731. The highest BCUT2D eigenvalue weighted by Gasteiger charge is 2.41. The van der Waals surface area contributed by atoms with Crippen LogP contribution in [0.1, 0.15) is 30.3 Å². The molecule has 7 heteroatoms. The van der Waals surface area contributed by atoms with Crippen LogP contribution in [0.2, 0.25) is 0 Å². The van der Waals surface area contributed by atoms with E-state index >= 15 is 0 Å². The first-order valence-corrected chi connectivity index (χ1v) is 8.26. The van der Waals surface area contributed by atoms with Crippen LogP contribution in [0.5, 0.6) is 0 Å². The molecule has 6 nitrogen and oxygen atoms in total. The minimum absolute atomic E-state index is 0.113. The summed E-state index contributed by atoms with van der Waals surface area (Å²) < 4.78 is 7.07. The highest BCUT2D eigenvalue weighted by Crippen LogP contribution is 2.38. The molecule has 2 aromatic heterocycles. The van der Waals surface area contributed by atoms with E-state index in [1.54, 1.807) is 13.1 Å². The van der Waals surface area contributed by atoms with E-state index in [-0.39, 0.29) is 24.6 Å². The molecule has 126 valence electrons. The summed E-state index contributed by atoms with van der Waals surface area (Å²) in [6.45, 7) is 2.26. The van der Waals surface area contributed by atoms with Crippen LogP contribution in [0.4, 0.5) is 0 Å². The Kier molecular flexibility index (Phi) is 4.80. The first-order valence-electron chi connectivity index (χ1n) is 7.85. The lowest BCUT2D eigenvalue weighted by Gasteiger charge is -2.26. The van der Waals surface area contributed by atoms with Gasteiger partial charge in [-0.1, -0.05) is 6.07 Å². The van der Waals surface area contributed by atoms with Gasteiger partial charge >= 0.3 is 5.97 Å². The quantitative estimate of drug-likeness (QED) is 0.661. The summed E-state index contributed by atoms with van der Waals surface area (Å²) in [5.41, 5.74) is 1.96. The van der Waals surface area contributed by atoms with Crippen molar-refractivity contribution in [2.24, 2.45) is 7.05 Å². The number of rotatable bonds is 5. The number of aromatic nitrogens is 2. The third kappa shape index (κ3) is 3.26. The Balaban J connectivity index is 1.95. The van der Waals surface area contributed by atoms with Gasteiger partial charge in [0.1, 0.15) is 6.54 Å². The molecule has 3 rings (SSSR count). The molecule has 24 heavy (non-hydrogen) atoms. The van der Waals surface area contributed by atoms with Crippen molar-refractivity contribution >= 4 is 23.3 Å². The van der Waals surface area contributed by atoms with Gasteiger partial charge in [-0.25, -0.2) is 0 Å². The predicted octanol–water partition coefficient (Wildman–Crippen LogP) is 1.96. The number of thiocarbonyl (C=S) groups is 1. The molecule has 0 aliphatic carbocycles. The van der Waals surface area contributed by atoms with Crippen LogP contribution in [0.25, 0.3) is 0 Å². The molecule has 0 saturated carbocycles. The van der Waals surface area contributed by atoms with E-state index < -0.39 is 0 Å². The van der Waals surface area contributed by atoms with Gasteiger partial charge in [-0.05, 0) is 42.9 Å². The highest BCUT2D eigenvalue weighted by atomic mass is 32.1. The molecule has 0 spiro atoms. The first kappa shape index (κ1) is 16.4. The Morgan fingerprint density at radius 1 is 1.42 bits per heavy atom. The monoisotopic (exact) mass is 344 g/mol. The summed E-state index contributed by atoms with van der Waals surface area (Å²) in [7, 11) is 1.97. The molecule has 0 radical (unpaired) electrons. The summed E-state index contributed by atoms with van der Waals surface area (Å²) in [6, 6.07) is 7.60. The minimum atomic E-state index is -0.288. The molecule has 1 saturated heterocycles. The average Bonchev–Trinajstić information content (AvgIpc) is 3.13. The van der Waals surface area contributed by atoms with Crippen LogP contribution in [0.15, 0.2) is 42.9 Å². The molecule has 1 aliphatic rings. The zero-order valence-electron chi connectivity index (χ0n) is 13.7. The van der Waals surface area contributed by atoms with Crippen molar-refractivity contribution in [3.8, 4) is 0 Å². The van der Waals surface area contributed by atoms with E-state index in [9.17, 15) is 4.79 Å². The Labute approximate surface area is 146 Å². The molecule has 0 unspecified atom stereocenters. The van der Waals surface area contributed by atoms with Crippen molar-refractivity contribution in [3.05, 3.63) is 54.1 Å². The summed E-state index contributed by atoms with van der Waals surface area (Å²) in [5, 5.41) is 3.84. The van der Waals surface area contributed by atoms with Crippen molar-refractivity contribution in [2.45, 2.75) is 19.0 Å². The number of nitrogens with zero attached hydrogens (tertiary/aromatic N) is 3. The second kappa shape index (κ2) is 7.00. The third-order valence-electron chi connectivity index (χ3n) is 4.00. The molecule has 0 bridgehead atoms.